The van der Waals surface area contributed by atoms with E-state index in [9.17, 15) is 14.4 Å². The first-order valence-corrected chi connectivity index (χ1v) is 7.95. The highest BCUT2D eigenvalue weighted by atomic mass is 16.6. The van der Waals surface area contributed by atoms with Crippen molar-refractivity contribution in [3.63, 3.8) is 0 Å². The average Bonchev–Trinajstić information content (AvgIpc) is 2.77. The Balaban J connectivity index is 2.04. The summed E-state index contributed by atoms with van der Waals surface area (Å²) in [5.41, 5.74) is -0.294. The lowest BCUT2D eigenvalue weighted by Gasteiger charge is -2.35. The second-order valence-corrected chi connectivity index (χ2v) is 6.56. The molecule has 0 radical (unpaired) electrons. The monoisotopic (exact) mass is 337 g/mol. The Morgan fingerprint density at radius 3 is 2.54 bits per heavy atom. The van der Waals surface area contributed by atoms with Crippen molar-refractivity contribution in [2.75, 3.05) is 13.2 Å². The molecular weight excluding hydrogens is 314 g/mol. The molecule has 7 heteroatoms. The summed E-state index contributed by atoms with van der Waals surface area (Å²) in [5.74, 6) is -1.24. The summed E-state index contributed by atoms with van der Waals surface area (Å²) >= 11 is 0. The number of hydrogen-bond acceptors (Lipinski definition) is 6. The Labute approximate surface area is 141 Å². The molecule has 2 atom stereocenters. The number of nitrogens with zero attached hydrogens (tertiary/aromatic N) is 1. The minimum atomic E-state index is -0.633. The van der Waals surface area contributed by atoms with Gasteiger partial charge >= 0.3 is 18.0 Å². The van der Waals surface area contributed by atoms with Gasteiger partial charge in [-0.2, -0.15) is 0 Å². The van der Waals surface area contributed by atoms with Gasteiger partial charge in [0.15, 0.2) is 6.61 Å². The Bertz CT molecular complexity index is 586. The van der Waals surface area contributed by atoms with Crippen molar-refractivity contribution < 1.29 is 28.6 Å². The van der Waals surface area contributed by atoms with Crippen LogP contribution in [0.5, 0.6) is 0 Å². The molecule has 2 rings (SSSR count). The Hall–Kier alpha value is -2.31. The molecular formula is C17H23NO6. The molecule has 2 heterocycles. The van der Waals surface area contributed by atoms with E-state index in [-0.39, 0.29) is 12.6 Å². The van der Waals surface area contributed by atoms with Crippen molar-refractivity contribution in [3.8, 4) is 0 Å². The molecule has 0 saturated heterocycles. The van der Waals surface area contributed by atoms with Crippen molar-refractivity contribution in [1.29, 1.82) is 0 Å². The second kappa shape index (κ2) is 7.07. The molecule has 1 amide bonds. The van der Waals surface area contributed by atoms with Gasteiger partial charge in [0.05, 0.1) is 24.3 Å². The fourth-order valence-corrected chi connectivity index (χ4v) is 2.62. The van der Waals surface area contributed by atoms with Crippen LogP contribution in [0.15, 0.2) is 23.8 Å². The molecule has 0 unspecified atom stereocenters. The lowest BCUT2D eigenvalue weighted by Crippen LogP contribution is -2.48. The molecule has 2 bridgehead atoms. The first-order chi connectivity index (χ1) is 11.2. The van der Waals surface area contributed by atoms with Gasteiger partial charge in [0.1, 0.15) is 5.60 Å². The highest BCUT2D eigenvalue weighted by Gasteiger charge is 2.42. The van der Waals surface area contributed by atoms with Gasteiger partial charge in [0, 0.05) is 0 Å². The largest absolute Gasteiger partial charge is 0.463 e. The van der Waals surface area contributed by atoms with Gasteiger partial charge in [-0.25, -0.2) is 14.4 Å². The van der Waals surface area contributed by atoms with Gasteiger partial charge in [0.25, 0.3) is 0 Å². The van der Waals surface area contributed by atoms with E-state index in [1.807, 2.05) is 6.08 Å². The van der Waals surface area contributed by atoms with E-state index in [1.54, 1.807) is 39.8 Å². The smallest absolute Gasteiger partial charge is 0.411 e. The topological polar surface area (TPSA) is 82.1 Å². The Morgan fingerprint density at radius 1 is 1.21 bits per heavy atom. The van der Waals surface area contributed by atoms with E-state index >= 15 is 0 Å². The van der Waals surface area contributed by atoms with Crippen molar-refractivity contribution in [1.82, 2.24) is 4.90 Å². The number of hydrogen-bond donors (Lipinski definition) is 0. The maximum absolute atomic E-state index is 12.4. The van der Waals surface area contributed by atoms with Crippen molar-refractivity contribution in [3.05, 3.63) is 23.8 Å². The van der Waals surface area contributed by atoms with Gasteiger partial charge in [-0.3, -0.25) is 4.90 Å². The molecule has 0 saturated carbocycles. The van der Waals surface area contributed by atoms with Crippen molar-refractivity contribution in [2.24, 2.45) is 0 Å². The zero-order chi connectivity index (χ0) is 17.9. The van der Waals surface area contributed by atoms with E-state index in [0.29, 0.717) is 12.0 Å². The molecule has 132 valence electrons. The van der Waals surface area contributed by atoms with Crippen LogP contribution < -0.4 is 0 Å². The summed E-state index contributed by atoms with van der Waals surface area (Å²) in [7, 11) is 0. The summed E-state index contributed by atoms with van der Waals surface area (Å²) in [4.78, 5) is 37.5. The van der Waals surface area contributed by atoms with Crippen LogP contribution >= 0.6 is 0 Å². The van der Waals surface area contributed by atoms with Crippen LogP contribution in [0.4, 0.5) is 4.79 Å². The summed E-state index contributed by atoms with van der Waals surface area (Å²) in [5, 5.41) is 0. The lowest BCUT2D eigenvalue weighted by molar-refractivity contribution is -0.156. The number of carbonyl (C=O) groups excluding carboxylic acids is 3. The quantitative estimate of drug-likeness (QED) is 0.443. The molecule has 2 aliphatic heterocycles. The van der Waals surface area contributed by atoms with Crippen LogP contribution in [0.3, 0.4) is 0 Å². The Morgan fingerprint density at radius 2 is 1.92 bits per heavy atom. The Kier molecular flexibility index (Phi) is 5.31. The van der Waals surface area contributed by atoms with Crippen LogP contribution in [0.2, 0.25) is 0 Å². The zero-order valence-electron chi connectivity index (χ0n) is 14.4. The normalized spacial score (nSPS) is 22.0. The number of carbonyl (C=O) groups is 3. The first kappa shape index (κ1) is 18.0. The van der Waals surface area contributed by atoms with Crippen molar-refractivity contribution in [2.45, 2.75) is 51.8 Å². The number of ether oxygens (including phenoxy) is 3. The lowest BCUT2D eigenvalue weighted by atomic mass is 10.0. The van der Waals surface area contributed by atoms with Crippen LogP contribution in [0, 0.1) is 0 Å². The van der Waals surface area contributed by atoms with E-state index in [1.165, 1.54) is 4.90 Å². The van der Waals surface area contributed by atoms with Gasteiger partial charge < -0.3 is 14.2 Å². The summed E-state index contributed by atoms with van der Waals surface area (Å²) in [6, 6.07) is -0.667. The van der Waals surface area contributed by atoms with Crippen LogP contribution in [-0.2, 0) is 23.8 Å². The minimum absolute atomic E-state index is 0.133. The van der Waals surface area contributed by atoms with Crippen LogP contribution in [0.1, 0.15) is 34.1 Å². The summed E-state index contributed by atoms with van der Waals surface area (Å²) < 4.78 is 15.1. The predicted molar refractivity (Wildman–Crippen MR) is 85.1 cm³/mol. The molecule has 0 fully saturated rings. The molecule has 0 aliphatic carbocycles. The molecule has 0 spiro atoms. The third kappa shape index (κ3) is 4.15. The zero-order valence-corrected chi connectivity index (χ0v) is 14.4. The highest BCUT2D eigenvalue weighted by molar-refractivity contribution is 5.93. The van der Waals surface area contributed by atoms with E-state index in [2.05, 4.69) is 0 Å². The highest BCUT2D eigenvalue weighted by Crippen LogP contribution is 2.32. The van der Waals surface area contributed by atoms with E-state index < -0.39 is 36.3 Å². The van der Waals surface area contributed by atoms with Gasteiger partial charge in [-0.1, -0.05) is 18.2 Å². The SMILES string of the molecule is CCOC(=O)COC(=O)C1=CC[C@@H]2C=C[C@H]1N2C(=O)OC(C)(C)C. The van der Waals surface area contributed by atoms with E-state index in [0.717, 1.165) is 0 Å². The molecule has 2 aliphatic rings. The first-order valence-electron chi connectivity index (χ1n) is 7.95. The van der Waals surface area contributed by atoms with Crippen molar-refractivity contribution >= 4 is 18.0 Å². The average molecular weight is 337 g/mol. The third-order valence-electron chi connectivity index (χ3n) is 3.54. The summed E-state index contributed by atoms with van der Waals surface area (Å²) in [6.07, 6.45) is 5.40. The summed E-state index contributed by atoms with van der Waals surface area (Å²) in [6.45, 7) is 6.80. The van der Waals surface area contributed by atoms with Gasteiger partial charge in [0.2, 0.25) is 0 Å². The molecule has 0 N–H and O–H groups in total. The van der Waals surface area contributed by atoms with Crippen LogP contribution in [-0.4, -0.2) is 53.8 Å². The molecule has 24 heavy (non-hydrogen) atoms. The number of amides is 1. The third-order valence-corrected chi connectivity index (χ3v) is 3.54. The fraction of sp³-hybridized carbons (Fsp3) is 0.588. The molecule has 7 nitrogen and oxygen atoms in total. The maximum atomic E-state index is 12.4. The predicted octanol–water partition coefficient (Wildman–Crippen LogP) is 1.97. The van der Waals surface area contributed by atoms with E-state index in [4.69, 9.17) is 14.2 Å². The number of rotatable bonds is 4. The van der Waals surface area contributed by atoms with Crippen LogP contribution in [0.25, 0.3) is 0 Å². The maximum Gasteiger partial charge on any atom is 0.411 e. The minimum Gasteiger partial charge on any atom is -0.463 e. The molecule has 0 aromatic rings. The fourth-order valence-electron chi connectivity index (χ4n) is 2.62. The number of fused-ring (bicyclic) bond motifs is 2. The number of esters is 2. The second-order valence-electron chi connectivity index (χ2n) is 6.56. The van der Waals surface area contributed by atoms with Gasteiger partial charge in [-0.15, -0.1) is 0 Å². The van der Waals surface area contributed by atoms with Gasteiger partial charge in [-0.05, 0) is 34.1 Å². The molecule has 0 aromatic heterocycles. The standard InChI is InChI=1S/C17H23NO6/c1-5-22-14(19)10-23-15(20)12-8-6-11-7-9-13(12)18(11)16(21)24-17(2,3)4/h7-9,11,13H,5-6,10H2,1-4H3/t11-,13-/m1/s1. The molecule has 0 aromatic carbocycles.